The molecule has 9 heteroatoms. The third kappa shape index (κ3) is 2.97. The number of H-pyrrole nitrogens is 1. The summed E-state index contributed by atoms with van der Waals surface area (Å²) in [6.07, 6.45) is 7.67. The van der Waals surface area contributed by atoms with Crippen LogP contribution >= 0.6 is 11.3 Å². The average Bonchev–Trinajstić information content (AvgIpc) is 3.30. The zero-order valence-electron chi connectivity index (χ0n) is 13.5. The smallest absolute Gasteiger partial charge is 0.307 e. The molecule has 0 saturated heterocycles. The Kier molecular flexibility index (Phi) is 4.21. The fourth-order valence-electron chi connectivity index (χ4n) is 3.09. The maximum atomic E-state index is 12.5. The first-order valence-electron chi connectivity index (χ1n) is 8.06. The molecule has 0 spiro atoms. The Bertz CT molecular complexity index is 1010. The van der Waals surface area contributed by atoms with Gasteiger partial charge in [-0.3, -0.25) is 9.59 Å². The monoisotopic (exact) mass is 369 g/mol. The summed E-state index contributed by atoms with van der Waals surface area (Å²) in [4.78, 5) is 39.8. The molecule has 4 rings (SSSR count). The number of carboxylic acid groups (broad SMARTS) is 1. The summed E-state index contributed by atoms with van der Waals surface area (Å²) in [6.45, 7) is 0. The van der Waals surface area contributed by atoms with Gasteiger partial charge in [-0.05, 0) is 18.9 Å². The van der Waals surface area contributed by atoms with Gasteiger partial charge >= 0.3 is 5.97 Å². The molecule has 0 fully saturated rings. The van der Waals surface area contributed by atoms with Crippen LogP contribution in [0.3, 0.4) is 0 Å². The Morgan fingerprint density at radius 1 is 1.23 bits per heavy atom. The van der Waals surface area contributed by atoms with Gasteiger partial charge in [-0.25, -0.2) is 15.0 Å². The molecule has 2 atom stereocenters. The number of rotatable bonds is 4. The maximum absolute atomic E-state index is 12.5. The van der Waals surface area contributed by atoms with Crippen molar-refractivity contribution in [2.24, 2.45) is 11.8 Å². The van der Waals surface area contributed by atoms with Crippen molar-refractivity contribution in [1.29, 1.82) is 0 Å². The second-order valence-electron chi connectivity index (χ2n) is 5.98. The fraction of sp³-hybridized carbons (Fsp3) is 0.235. The summed E-state index contributed by atoms with van der Waals surface area (Å²) in [5.74, 6) is -2.58. The highest BCUT2D eigenvalue weighted by Crippen LogP contribution is 2.30. The van der Waals surface area contributed by atoms with Gasteiger partial charge < -0.3 is 15.4 Å². The summed E-state index contributed by atoms with van der Waals surface area (Å²) in [6, 6.07) is 1.87. The predicted molar refractivity (Wildman–Crippen MR) is 96.6 cm³/mol. The first-order chi connectivity index (χ1) is 12.6. The molecular formula is C17H15N5O3S. The van der Waals surface area contributed by atoms with Gasteiger partial charge in [0.05, 0.1) is 11.8 Å². The van der Waals surface area contributed by atoms with Crippen LogP contribution in [0.25, 0.3) is 22.4 Å². The number of nitrogens with zero attached hydrogens (tertiary/aromatic N) is 3. The minimum atomic E-state index is -0.954. The van der Waals surface area contributed by atoms with E-state index in [4.69, 9.17) is 0 Å². The lowest BCUT2D eigenvalue weighted by Crippen LogP contribution is -2.34. The van der Waals surface area contributed by atoms with E-state index in [1.54, 1.807) is 17.7 Å². The first-order valence-corrected chi connectivity index (χ1v) is 8.94. The van der Waals surface area contributed by atoms with Crippen LogP contribution < -0.4 is 5.32 Å². The lowest BCUT2D eigenvalue weighted by Gasteiger charge is -2.23. The Morgan fingerprint density at radius 2 is 2.04 bits per heavy atom. The Morgan fingerprint density at radius 3 is 2.85 bits per heavy atom. The maximum Gasteiger partial charge on any atom is 0.307 e. The molecule has 8 nitrogen and oxygen atoms in total. The highest BCUT2D eigenvalue weighted by molar-refractivity contribution is 7.14. The largest absolute Gasteiger partial charge is 0.481 e. The molecule has 3 heterocycles. The molecule has 0 bridgehead atoms. The SMILES string of the molecule is O=C(O)C1CC=CCC1C(=O)Nc1nc(-c2ncnc3[nH]ccc23)cs1. The molecule has 0 radical (unpaired) electrons. The first kappa shape index (κ1) is 16.4. The lowest BCUT2D eigenvalue weighted by atomic mass is 9.82. The van der Waals surface area contributed by atoms with Crippen LogP contribution in [0.1, 0.15) is 12.8 Å². The zero-order valence-corrected chi connectivity index (χ0v) is 14.4. The van der Waals surface area contributed by atoms with Crippen molar-refractivity contribution in [2.45, 2.75) is 12.8 Å². The van der Waals surface area contributed by atoms with Gasteiger partial charge in [0.2, 0.25) is 5.91 Å². The van der Waals surface area contributed by atoms with Crippen LogP contribution in [-0.4, -0.2) is 36.9 Å². The van der Waals surface area contributed by atoms with E-state index in [2.05, 4.69) is 25.3 Å². The summed E-state index contributed by atoms with van der Waals surface area (Å²) in [5, 5.41) is 15.1. The molecule has 3 aromatic heterocycles. The molecule has 2 unspecified atom stereocenters. The van der Waals surface area contributed by atoms with Crippen molar-refractivity contribution < 1.29 is 14.7 Å². The molecule has 1 aliphatic carbocycles. The van der Waals surface area contributed by atoms with E-state index in [0.717, 1.165) is 5.39 Å². The number of nitrogens with one attached hydrogen (secondary N) is 2. The average molecular weight is 369 g/mol. The summed E-state index contributed by atoms with van der Waals surface area (Å²) in [7, 11) is 0. The van der Waals surface area contributed by atoms with E-state index in [1.165, 1.54) is 17.7 Å². The standard InChI is InChI=1S/C17H15N5O3S/c23-15(9-3-1-2-4-10(9)16(24)25)22-17-21-12(7-26-17)13-11-5-6-18-14(11)20-8-19-13/h1-2,5-10H,3-4H2,(H,24,25)(H,18,19,20)(H,21,22,23). The molecule has 0 saturated carbocycles. The van der Waals surface area contributed by atoms with Crippen LogP contribution in [0.15, 0.2) is 36.1 Å². The van der Waals surface area contributed by atoms with Gasteiger partial charge in [-0.15, -0.1) is 11.3 Å². The number of carbonyl (C=O) groups excluding carboxylic acids is 1. The fourth-order valence-corrected chi connectivity index (χ4v) is 3.79. The molecule has 3 N–H and O–H groups in total. The molecule has 1 amide bonds. The van der Waals surface area contributed by atoms with E-state index in [-0.39, 0.29) is 5.91 Å². The van der Waals surface area contributed by atoms with E-state index in [9.17, 15) is 14.7 Å². The Labute approximate surface area is 152 Å². The lowest BCUT2D eigenvalue weighted by molar-refractivity contribution is -0.146. The van der Waals surface area contributed by atoms with Gasteiger partial charge in [0, 0.05) is 17.0 Å². The van der Waals surface area contributed by atoms with Crippen molar-refractivity contribution in [3.63, 3.8) is 0 Å². The Hall–Kier alpha value is -3.07. The van der Waals surface area contributed by atoms with Crippen LogP contribution in [0, 0.1) is 11.8 Å². The Balaban J connectivity index is 1.55. The minimum Gasteiger partial charge on any atom is -0.481 e. The highest BCUT2D eigenvalue weighted by atomic mass is 32.1. The zero-order chi connectivity index (χ0) is 18.1. The number of allylic oxidation sites excluding steroid dienone is 2. The van der Waals surface area contributed by atoms with E-state index in [1.807, 2.05) is 12.1 Å². The number of aliphatic carboxylic acids is 1. The number of thiazole rings is 1. The van der Waals surface area contributed by atoms with Crippen molar-refractivity contribution in [1.82, 2.24) is 19.9 Å². The van der Waals surface area contributed by atoms with Gasteiger partial charge in [-0.1, -0.05) is 12.2 Å². The summed E-state index contributed by atoms with van der Waals surface area (Å²) >= 11 is 1.28. The molecule has 0 aliphatic heterocycles. The van der Waals surface area contributed by atoms with Gasteiger partial charge in [0.1, 0.15) is 23.4 Å². The number of amides is 1. The molecule has 26 heavy (non-hydrogen) atoms. The van der Waals surface area contributed by atoms with E-state index < -0.39 is 17.8 Å². The topological polar surface area (TPSA) is 121 Å². The van der Waals surface area contributed by atoms with Gasteiger partial charge in [0.15, 0.2) is 5.13 Å². The van der Waals surface area contributed by atoms with Gasteiger partial charge in [-0.2, -0.15) is 0 Å². The van der Waals surface area contributed by atoms with Crippen molar-refractivity contribution >= 4 is 39.4 Å². The third-order valence-electron chi connectivity index (χ3n) is 4.42. The summed E-state index contributed by atoms with van der Waals surface area (Å²) < 4.78 is 0. The van der Waals surface area contributed by atoms with Crippen LogP contribution in [0.4, 0.5) is 5.13 Å². The second-order valence-corrected chi connectivity index (χ2v) is 6.84. The van der Waals surface area contributed by atoms with Crippen molar-refractivity contribution in [2.75, 3.05) is 5.32 Å². The van der Waals surface area contributed by atoms with Crippen LogP contribution in [0.2, 0.25) is 0 Å². The van der Waals surface area contributed by atoms with Gasteiger partial charge in [0.25, 0.3) is 0 Å². The molecule has 3 aromatic rings. The van der Waals surface area contributed by atoms with Crippen LogP contribution in [-0.2, 0) is 9.59 Å². The van der Waals surface area contributed by atoms with E-state index >= 15 is 0 Å². The number of carboxylic acids is 1. The number of aromatic nitrogens is 4. The second kappa shape index (κ2) is 6.68. The number of aromatic amines is 1. The highest BCUT2D eigenvalue weighted by Gasteiger charge is 2.34. The third-order valence-corrected chi connectivity index (χ3v) is 5.17. The molecule has 132 valence electrons. The molecule has 1 aliphatic rings. The molecular weight excluding hydrogens is 354 g/mol. The van der Waals surface area contributed by atoms with Crippen molar-refractivity contribution in [3.05, 3.63) is 36.1 Å². The number of fused-ring (bicyclic) bond motifs is 1. The van der Waals surface area contributed by atoms with E-state index in [0.29, 0.717) is 35.0 Å². The predicted octanol–water partition coefficient (Wildman–Crippen LogP) is 2.69. The minimum absolute atomic E-state index is 0.322. The number of carbonyl (C=O) groups is 2. The molecule has 0 aromatic carbocycles. The van der Waals surface area contributed by atoms with Crippen molar-refractivity contribution in [3.8, 4) is 11.4 Å². The summed E-state index contributed by atoms with van der Waals surface area (Å²) in [5.41, 5.74) is 2.03. The number of hydrogen-bond acceptors (Lipinski definition) is 6. The van der Waals surface area contributed by atoms with Crippen LogP contribution in [0.5, 0.6) is 0 Å². The quantitative estimate of drug-likeness (QED) is 0.608. The normalized spacial score (nSPS) is 19.5. The number of anilines is 1. The number of hydrogen-bond donors (Lipinski definition) is 3.